The van der Waals surface area contributed by atoms with Gasteiger partial charge in [0.1, 0.15) is 5.75 Å². The van der Waals surface area contributed by atoms with Crippen molar-refractivity contribution >= 4 is 5.97 Å². The lowest BCUT2D eigenvalue weighted by Crippen LogP contribution is -2.17. The first kappa shape index (κ1) is 18.0. The third-order valence-electron chi connectivity index (χ3n) is 3.64. The highest BCUT2D eigenvalue weighted by Gasteiger charge is 2.05. The molecule has 0 amide bonds. The first-order valence-corrected chi connectivity index (χ1v) is 8.32. The minimum Gasteiger partial charge on any atom is -0.494 e. The van der Waals surface area contributed by atoms with Crippen molar-refractivity contribution in [1.82, 2.24) is 5.32 Å². The van der Waals surface area contributed by atoms with Crippen LogP contribution in [0.5, 0.6) is 5.75 Å². The summed E-state index contributed by atoms with van der Waals surface area (Å²) >= 11 is 0. The fourth-order valence-corrected chi connectivity index (χ4v) is 2.40. The molecule has 0 spiro atoms. The van der Waals surface area contributed by atoms with Crippen molar-refractivity contribution in [2.75, 3.05) is 20.3 Å². The van der Waals surface area contributed by atoms with E-state index in [9.17, 15) is 4.79 Å². The van der Waals surface area contributed by atoms with Crippen LogP contribution < -0.4 is 10.1 Å². The minimum atomic E-state index is -0.297. The predicted octanol–water partition coefficient (Wildman–Crippen LogP) is 3.59. The van der Waals surface area contributed by atoms with Crippen LogP contribution in [0.3, 0.4) is 0 Å². The second-order valence-electron chi connectivity index (χ2n) is 5.61. The number of esters is 1. The number of carbonyl (C=O) groups is 1. The van der Waals surface area contributed by atoms with Crippen LogP contribution >= 0.6 is 0 Å². The Kier molecular flexibility index (Phi) is 7.30. The van der Waals surface area contributed by atoms with Crippen LogP contribution in [-0.4, -0.2) is 26.2 Å². The Balaban J connectivity index is 1.79. The molecule has 2 aromatic carbocycles. The Labute approximate surface area is 143 Å². The van der Waals surface area contributed by atoms with Gasteiger partial charge in [-0.05, 0) is 54.8 Å². The Morgan fingerprint density at radius 2 is 1.88 bits per heavy atom. The lowest BCUT2D eigenvalue weighted by Gasteiger charge is -2.09. The molecule has 0 aliphatic carbocycles. The molecule has 4 heteroatoms. The zero-order valence-electron chi connectivity index (χ0n) is 14.4. The van der Waals surface area contributed by atoms with E-state index >= 15 is 0 Å². The number of benzene rings is 2. The molecule has 2 rings (SSSR count). The SMILES string of the molecule is CCCOc1cccc(CNCCc2cccc(C(=O)OC)c2)c1. The predicted molar refractivity (Wildman–Crippen MR) is 95.4 cm³/mol. The van der Waals surface area contributed by atoms with E-state index in [1.54, 1.807) is 6.07 Å². The van der Waals surface area contributed by atoms with Crippen LogP contribution in [0.2, 0.25) is 0 Å². The van der Waals surface area contributed by atoms with E-state index < -0.39 is 0 Å². The average molecular weight is 327 g/mol. The summed E-state index contributed by atoms with van der Waals surface area (Å²) in [4.78, 5) is 11.5. The summed E-state index contributed by atoms with van der Waals surface area (Å²) < 4.78 is 10.4. The molecule has 2 aromatic rings. The summed E-state index contributed by atoms with van der Waals surface area (Å²) in [7, 11) is 1.40. The van der Waals surface area contributed by atoms with Gasteiger partial charge in [-0.1, -0.05) is 31.2 Å². The molecule has 24 heavy (non-hydrogen) atoms. The van der Waals surface area contributed by atoms with Crippen molar-refractivity contribution in [2.45, 2.75) is 26.3 Å². The van der Waals surface area contributed by atoms with E-state index in [2.05, 4.69) is 24.4 Å². The molecule has 0 atom stereocenters. The number of carbonyl (C=O) groups excluding carboxylic acids is 1. The molecule has 0 bridgehead atoms. The smallest absolute Gasteiger partial charge is 0.337 e. The van der Waals surface area contributed by atoms with Crippen LogP contribution in [0.25, 0.3) is 0 Å². The summed E-state index contributed by atoms with van der Waals surface area (Å²) in [6, 6.07) is 15.7. The van der Waals surface area contributed by atoms with Crippen molar-refractivity contribution < 1.29 is 14.3 Å². The Morgan fingerprint density at radius 1 is 1.08 bits per heavy atom. The van der Waals surface area contributed by atoms with Gasteiger partial charge in [0.15, 0.2) is 0 Å². The van der Waals surface area contributed by atoms with E-state index in [0.29, 0.717) is 5.56 Å². The van der Waals surface area contributed by atoms with Gasteiger partial charge in [0.05, 0.1) is 19.3 Å². The van der Waals surface area contributed by atoms with Gasteiger partial charge >= 0.3 is 5.97 Å². The fraction of sp³-hybridized carbons (Fsp3) is 0.350. The van der Waals surface area contributed by atoms with Crippen molar-refractivity contribution in [2.24, 2.45) is 0 Å². The zero-order chi connectivity index (χ0) is 17.2. The van der Waals surface area contributed by atoms with Gasteiger partial charge in [0, 0.05) is 6.54 Å². The average Bonchev–Trinajstić information content (AvgIpc) is 2.63. The normalized spacial score (nSPS) is 10.4. The maximum Gasteiger partial charge on any atom is 0.337 e. The number of ether oxygens (including phenoxy) is 2. The number of hydrogen-bond donors (Lipinski definition) is 1. The summed E-state index contributed by atoms with van der Waals surface area (Å²) in [6.07, 6.45) is 1.87. The highest BCUT2D eigenvalue weighted by Crippen LogP contribution is 2.13. The van der Waals surface area contributed by atoms with E-state index in [4.69, 9.17) is 9.47 Å². The first-order valence-electron chi connectivity index (χ1n) is 8.32. The van der Waals surface area contributed by atoms with Gasteiger partial charge in [-0.15, -0.1) is 0 Å². The third-order valence-corrected chi connectivity index (χ3v) is 3.64. The summed E-state index contributed by atoms with van der Waals surface area (Å²) in [6.45, 7) is 4.47. The number of methoxy groups -OCH3 is 1. The molecular formula is C20H25NO3. The molecule has 0 fully saturated rings. The van der Waals surface area contributed by atoms with Crippen LogP contribution in [0.15, 0.2) is 48.5 Å². The molecule has 0 unspecified atom stereocenters. The minimum absolute atomic E-state index is 0.297. The molecule has 0 saturated carbocycles. The highest BCUT2D eigenvalue weighted by molar-refractivity contribution is 5.89. The Morgan fingerprint density at radius 3 is 2.67 bits per heavy atom. The summed E-state index contributed by atoms with van der Waals surface area (Å²) in [5.41, 5.74) is 2.91. The van der Waals surface area contributed by atoms with Crippen LogP contribution in [0.1, 0.15) is 34.8 Å². The Hall–Kier alpha value is -2.33. The summed E-state index contributed by atoms with van der Waals surface area (Å²) in [5.74, 6) is 0.621. The number of hydrogen-bond acceptors (Lipinski definition) is 4. The quantitative estimate of drug-likeness (QED) is 0.565. The first-order chi connectivity index (χ1) is 11.7. The third kappa shape index (κ3) is 5.70. The topological polar surface area (TPSA) is 47.6 Å². The highest BCUT2D eigenvalue weighted by atomic mass is 16.5. The fourth-order valence-electron chi connectivity index (χ4n) is 2.40. The zero-order valence-corrected chi connectivity index (χ0v) is 14.4. The number of rotatable bonds is 9. The van der Waals surface area contributed by atoms with Crippen LogP contribution in [0, 0.1) is 0 Å². The molecule has 0 radical (unpaired) electrons. The van der Waals surface area contributed by atoms with E-state index in [1.807, 2.05) is 30.3 Å². The lowest BCUT2D eigenvalue weighted by molar-refractivity contribution is 0.0600. The molecule has 0 aliphatic rings. The standard InChI is InChI=1S/C20H25NO3/c1-3-12-24-19-9-5-7-17(14-19)15-21-11-10-16-6-4-8-18(13-16)20(22)23-2/h4-9,13-14,21H,3,10-12,15H2,1-2H3. The van der Waals surface area contributed by atoms with Gasteiger partial charge in [-0.3, -0.25) is 0 Å². The molecule has 0 heterocycles. The van der Waals surface area contributed by atoms with Gasteiger partial charge in [-0.2, -0.15) is 0 Å². The second kappa shape index (κ2) is 9.73. The maximum atomic E-state index is 11.5. The van der Waals surface area contributed by atoms with Crippen molar-refractivity contribution in [3.8, 4) is 5.75 Å². The molecule has 4 nitrogen and oxygen atoms in total. The van der Waals surface area contributed by atoms with Crippen molar-refractivity contribution in [3.05, 3.63) is 65.2 Å². The van der Waals surface area contributed by atoms with E-state index in [0.717, 1.165) is 43.9 Å². The van der Waals surface area contributed by atoms with Crippen molar-refractivity contribution in [3.63, 3.8) is 0 Å². The molecule has 0 aliphatic heterocycles. The molecule has 0 saturated heterocycles. The van der Waals surface area contributed by atoms with Gasteiger partial charge < -0.3 is 14.8 Å². The Bertz CT molecular complexity index is 655. The van der Waals surface area contributed by atoms with Gasteiger partial charge in [-0.25, -0.2) is 4.79 Å². The maximum absolute atomic E-state index is 11.5. The lowest BCUT2D eigenvalue weighted by atomic mass is 10.1. The second-order valence-corrected chi connectivity index (χ2v) is 5.61. The van der Waals surface area contributed by atoms with Crippen molar-refractivity contribution in [1.29, 1.82) is 0 Å². The molecular weight excluding hydrogens is 302 g/mol. The monoisotopic (exact) mass is 327 g/mol. The molecule has 128 valence electrons. The van der Waals surface area contributed by atoms with Gasteiger partial charge in [0.25, 0.3) is 0 Å². The summed E-state index contributed by atoms with van der Waals surface area (Å²) in [5, 5.41) is 3.42. The number of nitrogens with one attached hydrogen (secondary N) is 1. The van der Waals surface area contributed by atoms with Gasteiger partial charge in [0.2, 0.25) is 0 Å². The van der Waals surface area contributed by atoms with Crippen LogP contribution in [0.4, 0.5) is 0 Å². The van der Waals surface area contributed by atoms with E-state index in [1.165, 1.54) is 12.7 Å². The van der Waals surface area contributed by atoms with Crippen LogP contribution in [-0.2, 0) is 17.7 Å². The molecule has 1 N–H and O–H groups in total. The largest absolute Gasteiger partial charge is 0.494 e. The molecule has 0 aromatic heterocycles. The van der Waals surface area contributed by atoms with E-state index in [-0.39, 0.29) is 5.97 Å².